The standard InChI is InChI=1S/C30H35N5O2S2/c1-19-14-20(2)28(31)24(15-19)29(36)32-18-33-30(37)35-12-10-34(11-13-35)25-16-21-6-4-5-7-26(21)39-27-9-8-22(38-3)17-23(25)27/h4-9,14-15,17,25H,10-13,16,18,31H2,1-3H3,(H,32,36)(H,33,37). The second kappa shape index (κ2) is 11.9. The molecule has 1 saturated heterocycles. The Kier molecular flexibility index (Phi) is 8.40. The zero-order valence-corrected chi connectivity index (χ0v) is 24.3. The number of hydrogen-bond acceptors (Lipinski definition) is 6. The highest BCUT2D eigenvalue weighted by Gasteiger charge is 2.31. The molecule has 2 heterocycles. The van der Waals surface area contributed by atoms with Crippen molar-refractivity contribution < 1.29 is 9.59 Å². The molecule has 9 heteroatoms. The molecule has 0 bridgehead atoms. The summed E-state index contributed by atoms with van der Waals surface area (Å²) in [7, 11) is 0. The normalized spacial score (nSPS) is 17.1. The van der Waals surface area contributed by atoms with E-state index in [1.807, 2.05) is 36.6 Å². The van der Waals surface area contributed by atoms with Gasteiger partial charge in [0.25, 0.3) is 5.91 Å². The van der Waals surface area contributed by atoms with Gasteiger partial charge in [-0.2, -0.15) is 0 Å². The van der Waals surface area contributed by atoms with E-state index < -0.39 is 0 Å². The van der Waals surface area contributed by atoms with E-state index in [2.05, 4.69) is 64.3 Å². The Labute approximate surface area is 238 Å². The first-order valence-electron chi connectivity index (χ1n) is 13.2. The van der Waals surface area contributed by atoms with E-state index >= 15 is 0 Å². The second-order valence-corrected chi connectivity index (χ2v) is 12.0. The van der Waals surface area contributed by atoms with Crippen molar-refractivity contribution in [2.75, 3.05) is 44.8 Å². The van der Waals surface area contributed by atoms with Gasteiger partial charge in [0.2, 0.25) is 0 Å². The average Bonchev–Trinajstić information content (AvgIpc) is 3.11. The van der Waals surface area contributed by atoms with Crippen LogP contribution in [0.4, 0.5) is 10.5 Å². The van der Waals surface area contributed by atoms with Crippen molar-refractivity contribution in [1.29, 1.82) is 0 Å². The van der Waals surface area contributed by atoms with Crippen LogP contribution in [0.25, 0.3) is 0 Å². The summed E-state index contributed by atoms with van der Waals surface area (Å²) in [4.78, 5) is 33.8. The summed E-state index contributed by atoms with van der Waals surface area (Å²) >= 11 is 3.62. The van der Waals surface area contributed by atoms with Crippen molar-refractivity contribution in [3.05, 3.63) is 82.4 Å². The van der Waals surface area contributed by atoms with Crippen LogP contribution < -0.4 is 16.4 Å². The predicted molar refractivity (Wildman–Crippen MR) is 160 cm³/mol. The molecule has 0 saturated carbocycles. The molecular formula is C30H35N5O2S2. The van der Waals surface area contributed by atoms with Crippen molar-refractivity contribution in [2.24, 2.45) is 0 Å². The fourth-order valence-electron chi connectivity index (χ4n) is 5.35. The Morgan fingerprint density at radius 2 is 1.77 bits per heavy atom. The molecular weight excluding hydrogens is 526 g/mol. The number of benzene rings is 3. The predicted octanol–water partition coefficient (Wildman–Crippen LogP) is 5.07. The Hall–Kier alpha value is -3.14. The quantitative estimate of drug-likeness (QED) is 0.229. The number of nitrogens with two attached hydrogens (primary N) is 1. The number of anilines is 1. The molecule has 3 aromatic carbocycles. The van der Waals surface area contributed by atoms with E-state index in [4.69, 9.17) is 5.73 Å². The SMILES string of the molecule is CSc1ccc2c(c1)C(N1CCN(C(=O)NCNC(=O)c3cc(C)cc(C)c3N)CC1)Cc1ccccc1S2. The molecule has 0 spiro atoms. The summed E-state index contributed by atoms with van der Waals surface area (Å²) in [5.74, 6) is -0.292. The van der Waals surface area contributed by atoms with E-state index in [-0.39, 0.29) is 24.6 Å². The molecule has 2 aliphatic rings. The molecule has 1 fully saturated rings. The van der Waals surface area contributed by atoms with E-state index in [0.29, 0.717) is 24.3 Å². The van der Waals surface area contributed by atoms with Crippen LogP contribution in [-0.4, -0.2) is 60.8 Å². The highest BCUT2D eigenvalue weighted by molar-refractivity contribution is 7.99. The molecule has 4 N–H and O–H groups in total. The molecule has 1 unspecified atom stereocenters. The maximum Gasteiger partial charge on any atom is 0.318 e. The number of amides is 3. The maximum atomic E-state index is 12.9. The molecule has 0 radical (unpaired) electrons. The molecule has 1 atom stereocenters. The number of rotatable bonds is 5. The van der Waals surface area contributed by atoms with Crippen molar-refractivity contribution >= 4 is 41.1 Å². The minimum absolute atomic E-state index is 0.0474. The van der Waals surface area contributed by atoms with Crippen LogP contribution in [0, 0.1) is 13.8 Å². The van der Waals surface area contributed by atoms with Crippen LogP contribution in [0.1, 0.15) is 38.7 Å². The molecule has 204 valence electrons. The molecule has 39 heavy (non-hydrogen) atoms. The van der Waals surface area contributed by atoms with Gasteiger partial charge in [0.1, 0.15) is 0 Å². The molecule has 0 aromatic heterocycles. The lowest BCUT2D eigenvalue weighted by molar-refractivity contribution is 0.0944. The topological polar surface area (TPSA) is 90.7 Å². The Morgan fingerprint density at radius 1 is 1.00 bits per heavy atom. The zero-order chi connectivity index (χ0) is 27.5. The lowest BCUT2D eigenvalue weighted by Crippen LogP contribution is -2.54. The average molecular weight is 562 g/mol. The summed E-state index contributed by atoms with van der Waals surface area (Å²) in [6.07, 6.45) is 3.07. The third-order valence-corrected chi connectivity index (χ3v) is 9.42. The summed E-state index contributed by atoms with van der Waals surface area (Å²) in [5.41, 5.74) is 11.6. The fraction of sp³-hybridized carbons (Fsp3) is 0.333. The zero-order valence-electron chi connectivity index (χ0n) is 22.6. The highest BCUT2D eigenvalue weighted by Crippen LogP contribution is 2.44. The smallest absolute Gasteiger partial charge is 0.318 e. The number of hydrogen-bond donors (Lipinski definition) is 3. The van der Waals surface area contributed by atoms with Gasteiger partial charge in [-0.3, -0.25) is 9.69 Å². The van der Waals surface area contributed by atoms with Gasteiger partial charge in [-0.05, 0) is 79.1 Å². The fourth-order valence-corrected chi connectivity index (χ4v) is 6.92. The number of thioether (sulfide) groups is 1. The molecule has 3 amide bonds. The lowest BCUT2D eigenvalue weighted by Gasteiger charge is -2.39. The minimum atomic E-state index is -0.292. The van der Waals surface area contributed by atoms with Crippen LogP contribution >= 0.6 is 23.5 Å². The van der Waals surface area contributed by atoms with Gasteiger partial charge in [-0.15, -0.1) is 11.8 Å². The summed E-state index contributed by atoms with van der Waals surface area (Å²) in [6, 6.07) is 19.3. The number of nitrogens with one attached hydrogen (secondary N) is 2. The summed E-state index contributed by atoms with van der Waals surface area (Å²) in [5, 5.41) is 5.61. The number of aryl methyl sites for hydroxylation is 2. The summed E-state index contributed by atoms with van der Waals surface area (Å²) < 4.78 is 0. The number of carbonyl (C=O) groups is 2. The highest BCUT2D eigenvalue weighted by atomic mass is 32.2. The maximum absolute atomic E-state index is 12.9. The number of carbonyl (C=O) groups excluding carboxylic acids is 2. The van der Waals surface area contributed by atoms with Crippen molar-refractivity contribution in [2.45, 2.75) is 41.0 Å². The van der Waals surface area contributed by atoms with Gasteiger partial charge in [0.15, 0.2) is 0 Å². The molecule has 2 aliphatic heterocycles. The van der Waals surface area contributed by atoms with Gasteiger partial charge < -0.3 is 21.3 Å². The first kappa shape index (κ1) is 27.4. The minimum Gasteiger partial charge on any atom is -0.398 e. The summed E-state index contributed by atoms with van der Waals surface area (Å²) in [6.45, 7) is 6.70. The Morgan fingerprint density at radius 3 is 2.54 bits per heavy atom. The molecule has 0 aliphatic carbocycles. The first-order valence-corrected chi connectivity index (χ1v) is 15.2. The number of nitrogens with zero attached hydrogens (tertiary/aromatic N) is 2. The second-order valence-electron chi connectivity index (χ2n) is 10.1. The Bertz CT molecular complexity index is 1390. The van der Waals surface area contributed by atoms with Gasteiger partial charge >= 0.3 is 6.03 Å². The van der Waals surface area contributed by atoms with Crippen LogP contribution in [0.5, 0.6) is 0 Å². The number of fused-ring (bicyclic) bond motifs is 2. The van der Waals surface area contributed by atoms with Gasteiger partial charge in [0, 0.05) is 52.6 Å². The van der Waals surface area contributed by atoms with E-state index in [1.54, 1.807) is 17.8 Å². The van der Waals surface area contributed by atoms with Crippen molar-refractivity contribution in [3.63, 3.8) is 0 Å². The molecule has 5 rings (SSSR count). The third-order valence-electron chi connectivity index (χ3n) is 7.49. The Balaban J connectivity index is 1.20. The number of piperazine rings is 1. The number of nitrogen functional groups attached to an aromatic ring is 1. The van der Waals surface area contributed by atoms with Crippen LogP contribution in [0.3, 0.4) is 0 Å². The van der Waals surface area contributed by atoms with Gasteiger partial charge in [-0.25, -0.2) is 4.79 Å². The van der Waals surface area contributed by atoms with E-state index in [0.717, 1.165) is 30.6 Å². The molecule has 3 aromatic rings. The third kappa shape index (κ3) is 6.05. The monoisotopic (exact) mass is 561 g/mol. The molecule has 7 nitrogen and oxygen atoms in total. The first-order chi connectivity index (χ1) is 18.8. The van der Waals surface area contributed by atoms with Gasteiger partial charge in [0.05, 0.1) is 12.2 Å². The van der Waals surface area contributed by atoms with Crippen LogP contribution in [0.15, 0.2) is 69.3 Å². The van der Waals surface area contributed by atoms with Crippen LogP contribution in [0.2, 0.25) is 0 Å². The largest absolute Gasteiger partial charge is 0.398 e. The van der Waals surface area contributed by atoms with E-state index in [1.165, 1.54) is 25.8 Å². The van der Waals surface area contributed by atoms with Crippen molar-refractivity contribution in [1.82, 2.24) is 20.4 Å². The van der Waals surface area contributed by atoms with E-state index in [9.17, 15) is 9.59 Å². The van der Waals surface area contributed by atoms with Gasteiger partial charge in [-0.1, -0.05) is 36.0 Å². The van der Waals surface area contributed by atoms with Crippen molar-refractivity contribution in [3.8, 4) is 0 Å². The number of urea groups is 1. The lowest BCUT2D eigenvalue weighted by atomic mass is 9.96. The van der Waals surface area contributed by atoms with Crippen LogP contribution in [-0.2, 0) is 6.42 Å².